The van der Waals surface area contributed by atoms with Crippen molar-refractivity contribution in [3.8, 4) is 17.2 Å². The fraction of sp³-hybridized carbons (Fsp3) is 0.385. The Labute approximate surface area is 110 Å². The van der Waals surface area contributed by atoms with E-state index in [1.165, 1.54) is 13.2 Å². The summed E-state index contributed by atoms with van der Waals surface area (Å²) in [5.74, 6) is 0.591. The molecular formula is C13H16FN3O2. The van der Waals surface area contributed by atoms with Crippen molar-refractivity contribution >= 4 is 0 Å². The summed E-state index contributed by atoms with van der Waals surface area (Å²) in [6.45, 7) is 4.49. The number of aromatic nitrogens is 2. The maximum Gasteiger partial charge on any atom is 0.250 e. The highest BCUT2D eigenvalue weighted by atomic mass is 19.1. The standard InChI is InChI=1S/C13H16FN3O2/c1-8(2)15-7-12-16-17-13(19-12)10-5-4-9(18-3)6-11(10)14/h4-6,8,15H,7H2,1-3H3. The van der Waals surface area contributed by atoms with Gasteiger partial charge in [-0.05, 0) is 12.1 Å². The Bertz CT molecular complexity index is 555. The monoisotopic (exact) mass is 265 g/mol. The lowest BCUT2D eigenvalue weighted by Gasteiger charge is -2.04. The molecule has 0 amide bonds. The second kappa shape index (κ2) is 5.79. The summed E-state index contributed by atoms with van der Waals surface area (Å²) in [7, 11) is 1.48. The van der Waals surface area contributed by atoms with Crippen LogP contribution in [0, 0.1) is 5.82 Å². The molecule has 1 heterocycles. The van der Waals surface area contributed by atoms with Gasteiger partial charge in [-0.2, -0.15) is 0 Å². The number of hydrogen-bond acceptors (Lipinski definition) is 5. The fourth-order valence-corrected chi connectivity index (χ4v) is 1.52. The highest BCUT2D eigenvalue weighted by molar-refractivity contribution is 5.55. The number of rotatable bonds is 5. The molecule has 0 saturated heterocycles. The Hall–Kier alpha value is -1.95. The van der Waals surface area contributed by atoms with Crippen LogP contribution in [0.1, 0.15) is 19.7 Å². The zero-order chi connectivity index (χ0) is 13.8. The first-order valence-electron chi connectivity index (χ1n) is 6.00. The fourth-order valence-electron chi connectivity index (χ4n) is 1.52. The molecule has 0 bridgehead atoms. The van der Waals surface area contributed by atoms with Gasteiger partial charge < -0.3 is 14.5 Å². The van der Waals surface area contributed by atoms with Crippen molar-refractivity contribution in [3.63, 3.8) is 0 Å². The normalized spacial score (nSPS) is 11.0. The number of benzene rings is 1. The van der Waals surface area contributed by atoms with E-state index in [0.29, 0.717) is 24.2 Å². The molecule has 0 aliphatic heterocycles. The van der Waals surface area contributed by atoms with Gasteiger partial charge in [0.1, 0.15) is 11.6 Å². The molecule has 1 aromatic heterocycles. The third-order valence-electron chi connectivity index (χ3n) is 2.54. The van der Waals surface area contributed by atoms with E-state index in [1.54, 1.807) is 12.1 Å². The van der Waals surface area contributed by atoms with Crippen LogP contribution in [0.3, 0.4) is 0 Å². The first-order chi connectivity index (χ1) is 9.10. The lowest BCUT2D eigenvalue weighted by Crippen LogP contribution is -2.21. The van der Waals surface area contributed by atoms with Crippen LogP contribution in [-0.2, 0) is 6.54 Å². The highest BCUT2D eigenvalue weighted by Crippen LogP contribution is 2.25. The second-order valence-corrected chi connectivity index (χ2v) is 4.38. The van der Waals surface area contributed by atoms with Crippen LogP contribution in [0.15, 0.2) is 22.6 Å². The number of nitrogens with zero attached hydrogens (tertiary/aromatic N) is 2. The number of halogens is 1. The van der Waals surface area contributed by atoms with Gasteiger partial charge in [0.05, 0.1) is 19.2 Å². The largest absolute Gasteiger partial charge is 0.497 e. The lowest BCUT2D eigenvalue weighted by molar-refractivity contribution is 0.411. The number of methoxy groups -OCH3 is 1. The summed E-state index contributed by atoms with van der Waals surface area (Å²) < 4.78 is 24.2. The summed E-state index contributed by atoms with van der Waals surface area (Å²) in [5, 5.41) is 10.9. The van der Waals surface area contributed by atoms with Gasteiger partial charge in [-0.25, -0.2) is 4.39 Å². The van der Waals surface area contributed by atoms with E-state index in [-0.39, 0.29) is 11.5 Å². The van der Waals surface area contributed by atoms with Crippen molar-refractivity contribution in [2.24, 2.45) is 0 Å². The number of nitrogens with one attached hydrogen (secondary N) is 1. The highest BCUT2D eigenvalue weighted by Gasteiger charge is 2.13. The van der Waals surface area contributed by atoms with E-state index < -0.39 is 5.82 Å². The van der Waals surface area contributed by atoms with Crippen molar-refractivity contribution < 1.29 is 13.5 Å². The maximum atomic E-state index is 13.8. The molecule has 0 aliphatic carbocycles. The molecule has 102 valence electrons. The molecule has 1 aromatic carbocycles. The van der Waals surface area contributed by atoms with E-state index in [2.05, 4.69) is 15.5 Å². The first kappa shape index (κ1) is 13.5. The van der Waals surface area contributed by atoms with Crippen LogP contribution in [0.2, 0.25) is 0 Å². The predicted octanol–water partition coefficient (Wildman–Crippen LogP) is 2.38. The van der Waals surface area contributed by atoms with Gasteiger partial charge in [-0.15, -0.1) is 10.2 Å². The summed E-state index contributed by atoms with van der Waals surface area (Å²) >= 11 is 0. The van der Waals surface area contributed by atoms with Crippen molar-refractivity contribution in [2.75, 3.05) is 7.11 Å². The molecule has 2 aromatic rings. The molecule has 0 fully saturated rings. The predicted molar refractivity (Wildman–Crippen MR) is 68.2 cm³/mol. The van der Waals surface area contributed by atoms with Gasteiger partial charge in [0.25, 0.3) is 5.89 Å². The van der Waals surface area contributed by atoms with Gasteiger partial charge in [0.15, 0.2) is 0 Å². The SMILES string of the molecule is COc1ccc(-c2nnc(CNC(C)C)o2)c(F)c1. The van der Waals surface area contributed by atoms with Gasteiger partial charge >= 0.3 is 0 Å². The van der Waals surface area contributed by atoms with Crippen LogP contribution in [0.5, 0.6) is 5.75 Å². The van der Waals surface area contributed by atoms with E-state index >= 15 is 0 Å². The van der Waals surface area contributed by atoms with Crippen molar-refractivity contribution in [2.45, 2.75) is 26.4 Å². The van der Waals surface area contributed by atoms with Crippen LogP contribution >= 0.6 is 0 Å². The summed E-state index contributed by atoms with van der Waals surface area (Å²) in [4.78, 5) is 0. The van der Waals surface area contributed by atoms with Crippen LogP contribution < -0.4 is 10.1 Å². The summed E-state index contributed by atoms with van der Waals surface area (Å²) in [6, 6.07) is 4.80. The molecule has 0 aliphatic rings. The van der Waals surface area contributed by atoms with Gasteiger partial charge in [-0.3, -0.25) is 0 Å². The first-order valence-corrected chi connectivity index (χ1v) is 6.00. The second-order valence-electron chi connectivity index (χ2n) is 4.38. The molecule has 1 N–H and O–H groups in total. The van der Waals surface area contributed by atoms with Crippen LogP contribution in [0.25, 0.3) is 11.5 Å². The average Bonchev–Trinajstić information content (AvgIpc) is 2.84. The minimum absolute atomic E-state index is 0.167. The summed E-state index contributed by atoms with van der Waals surface area (Å²) in [5.41, 5.74) is 0.268. The van der Waals surface area contributed by atoms with Gasteiger partial charge in [0.2, 0.25) is 5.89 Å². The minimum atomic E-state index is -0.452. The Balaban J connectivity index is 2.18. The molecule has 5 nitrogen and oxygen atoms in total. The quantitative estimate of drug-likeness (QED) is 0.899. The molecule has 2 rings (SSSR count). The van der Waals surface area contributed by atoms with Crippen LogP contribution in [-0.4, -0.2) is 23.3 Å². The number of hydrogen-bond donors (Lipinski definition) is 1. The molecular weight excluding hydrogens is 249 g/mol. The maximum absolute atomic E-state index is 13.8. The van der Waals surface area contributed by atoms with Crippen molar-refractivity contribution in [1.29, 1.82) is 0 Å². The zero-order valence-electron chi connectivity index (χ0n) is 11.1. The van der Waals surface area contributed by atoms with Crippen molar-refractivity contribution in [1.82, 2.24) is 15.5 Å². The molecule has 0 unspecified atom stereocenters. The van der Waals surface area contributed by atoms with Gasteiger partial charge in [0, 0.05) is 12.1 Å². The Morgan fingerprint density at radius 2 is 2.16 bits per heavy atom. The molecule has 6 heteroatoms. The molecule has 0 atom stereocenters. The van der Waals surface area contributed by atoms with E-state index in [0.717, 1.165) is 0 Å². The molecule has 0 radical (unpaired) electrons. The average molecular weight is 265 g/mol. The Kier molecular flexibility index (Phi) is 4.11. The third kappa shape index (κ3) is 3.29. The van der Waals surface area contributed by atoms with E-state index in [1.807, 2.05) is 13.8 Å². The molecule has 19 heavy (non-hydrogen) atoms. The Morgan fingerprint density at radius 3 is 2.79 bits per heavy atom. The van der Waals surface area contributed by atoms with E-state index in [9.17, 15) is 4.39 Å². The molecule has 0 saturated carbocycles. The topological polar surface area (TPSA) is 60.2 Å². The zero-order valence-corrected chi connectivity index (χ0v) is 11.1. The van der Waals surface area contributed by atoms with Crippen LogP contribution in [0.4, 0.5) is 4.39 Å². The third-order valence-corrected chi connectivity index (χ3v) is 2.54. The van der Waals surface area contributed by atoms with E-state index in [4.69, 9.17) is 9.15 Å². The van der Waals surface area contributed by atoms with Gasteiger partial charge in [-0.1, -0.05) is 13.8 Å². The summed E-state index contributed by atoms with van der Waals surface area (Å²) in [6.07, 6.45) is 0. The number of ether oxygens (including phenoxy) is 1. The molecule has 0 spiro atoms. The smallest absolute Gasteiger partial charge is 0.250 e. The Morgan fingerprint density at radius 1 is 1.37 bits per heavy atom. The minimum Gasteiger partial charge on any atom is -0.497 e. The lowest BCUT2D eigenvalue weighted by atomic mass is 10.2. The van der Waals surface area contributed by atoms with Crippen molar-refractivity contribution in [3.05, 3.63) is 29.9 Å².